The molecule has 2 aromatic heterocycles. The lowest BCUT2D eigenvalue weighted by Crippen LogP contribution is -2.24. The quantitative estimate of drug-likeness (QED) is 0.580. The van der Waals surface area contributed by atoms with Crippen molar-refractivity contribution >= 4 is 39.5 Å². The minimum Gasteiger partial charge on any atom is -0.364 e. The standard InChI is InChI=1S/C15H17N5OS/c1-15(2,3)20-12-9(11(19-20)13(16)21)6-5-8-7-17-14(22-4)18-10(8)12/h5-7H,1-4H3,(H2,16,21). The molecule has 1 aromatic carbocycles. The van der Waals surface area contributed by atoms with E-state index in [9.17, 15) is 4.79 Å². The van der Waals surface area contributed by atoms with Crippen LogP contribution in [0.3, 0.4) is 0 Å². The molecule has 0 saturated heterocycles. The molecule has 0 atom stereocenters. The van der Waals surface area contributed by atoms with Crippen LogP contribution in [0.1, 0.15) is 31.3 Å². The molecule has 6 nitrogen and oxygen atoms in total. The van der Waals surface area contributed by atoms with Gasteiger partial charge < -0.3 is 5.73 Å². The average molecular weight is 315 g/mol. The van der Waals surface area contributed by atoms with Crippen LogP contribution in [0.5, 0.6) is 0 Å². The van der Waals surface area contributed by atoms with Gasteiger partial charge in [0.2, 0.25) is 0 Å². The molecule has 0 aliphatic heterocycles. The third-order valence-corrected chi connectivity index (χ3v) is 3.98. The number of carbonyl (C=O) groups excluding carboxylic acids is 1. The van der Waals surface area contributed by atoms with Crippen molar-refractivity contribution in [2.45, 2.75) is 31.5 Å². The van der Waals surface area contributed by atoms with Crippen molar-refractivity contribution in [1.82, 2.24) is 19.7 Å². The molecule has 0 radical (unpaired) electrons. The Morgan fingerprint density at radius 2 is 2.05 bits per heavy atom. The lowest BCUT2D eigenvalue weighted by atomic mass is 10.1. The van der Waals surface area contributed by atoms with Gasteiger partial charge in [0, 0.05) is 17.0 Å². The monoisotopic (exact) mass is 315 g/mol. The van der Waals surface area contributed by atoms with E-state index < -0.39 is 5.91 Å². The van der Waals surface area contributed by atoms with E-state index in [-0.39, 0.29) is 11.2 Å². The Labute approximate surface area is 132 Å². The first-order valence-corrected chi connectivity index (χ1v) is 8.08. The van der Waals surface area contributed by atoms with E-state index in [4.69, 9.17) is 5.73 Å². The molecule has 0 unspecified atom stereocenters. The SMILES string of the molecule is CSc1ncc2ccc3c(C(N)=O)nn(C(C)(C)C)c3c2n1. The van der Waals surface area contributed by atoms with Crippen LogP contribution in [0, 0.1) is 0 Å². The number of thioether (sulfide) groups is 1. The molecule has 0 saturated carbocycles. The highest BCUT2D eigenvalue weighted by Gasteiger charge is 2.24. The van der Waals surface area contributed by atoms with Gasteiger partial charge in [0.1, 0.15) is 5.52 Å². The number of amides is 1. The number of carbonyl (C=O) groups is 1. The smallest absolute Gasteiger partial charge is 0.269 e. The lowest BCUT2D eigenvalue weighted by Gasteiger charge is -2.21. The Balaban J connectivity index is 2.52. The largest absolute Gasteiger partial charge is 0.364 e. The van der Waals surface area contributed by atoms with Gasteiger partial charge in [-0.1, -0.05) is 17.8 Å². The second kappa shape index (κ2) is 4.95. The summed E-state index contributed by atoms with van der Waals surface area (Å²) in [5, 5.41) is 6.76. The van der Waals surface area contributed by atoms with E-state index in [0.717, 1.165) is 21.8 Å². The molecule has 0 fully saturated rings. The predicted octanol–water partition coefficient (Wildman–Crippen LogP) is 2.56. The summed E-state index contributed by atoms with van der Waals surface area (Å²) in [6.45, 7) is 6.08. The van der Waals surface area contributed by atoms with Crippen molar-refractivity contribution in [3.63, 3.8) is 0 Å². The van der Waals surface area contributed by atoms with Gasteiger partial charge in [-0.15, -0.1) is 0 Å². The number of primary amides is 1. The summed E-state index contributed by atoms with van der Waals surface area (Å²) in [6.07, 6.45) is 3.72. The normalized spacial score (nSPS) is 12.2. The molecule has 1 amide bonds. The minimum absolute atomic E-state index is 0.274. The highest BCUT2D eigenvalue weighted by atomic mass is 32.2. The van der Waals surface area contributed by atoms with Gasteiger partial charge in [-0.3, -0.25) is 9.48 Å². The molecule has 3 rings (SSSR count). The molecular formula is C15H17N5OS. The lowest BCUT2D eigenvalue weighted by molar-refractivity contribution is 0.0995. The van der Waals surface area contributed by atoms with Gasteiger partial charge in [0.25, 0.3) is 5.91 Å². The first-order chi connectivity index (χ1) is 10.3. The van der Waals surface area contributed by atoms with Crippen molar-refractivity contribution in [2.24, 2.45) is 5.73 Å². The average Bonchev–Trinajstić information content (AvgIpc) is 2.86. The number of benzene rings is 1. The van der Waals surface area contributed by atoms with E-state index in [0.29, 0.717) is 5.16 Å². The van der Waals surface area contributed by atoms with Crippen LogP contribution in [-0.2, 0) is 5.54 Å². The summed E-state index contributed by atoms with van der Waals surface area (Å²) in [5.74, 6) is -0.536. The van der Waals surface area contributed by atoms with Crippen LogP contribution in [0.2, 0.25) is 0 Å². The molecule has 22 heavy (non-hydrogen) atoms. The molecule has 0 aliphatic rings. The van der Waals surface area contributed by atoms with Gasteiger partial charge in [0.15, 0.2) is 10.9 Å². The molecule has 3 aromatic rings. The number of fused-ring (bicyclic) bond motifs is 3. The summed E-state index contributed by atoms with van der Waals surface area (Å²) in [5.41, 5.74) is 7.06. The summed E-state index contributed by atoms with van der Waals surface area (Å²) in [7, 11) is 0. The Kier molecular flexibility index (Phi) is 3.32. The Bertz CT molecular complexity index is 894. The highest BCUT2D eigenvalue weighted by molar-refractivity contribution is 7.98. The maximum atomic E-state index is 11.7. The molecular weight excluding hydrogens is 298 g/mol. The zero-order valence-electron chi connectivity index (χ0n) is 12.9. The fourth-order valence-corrected chi connectivity index (χ4v) is 2.78. The van der Waals surface area contributed by atoms with Crippen LogP contribution < -0.4 is 5.73 Å². The van der Waals surface area contributed by atoms with Crippen molar-refractivity contribution in [3.8, 4) is 0 Å². The number of aromatic nitrogens is 4. The topological polar surface area (TPSA) is 86.7 Å². The van der Waals surface area contributed by atoms with E-state index in [1.54, 1.807) is 6.20 Å². The maximum Gasteiger partial charge on any atom is 0.269 e. The summed E-state index contributed by atoms with van der Waals surface area (Å²) >= 11 is 1.48. The molecule has 2 N–H and O–H groups in total. The molecule has 0 spiro atoms. The van der Waals surface area contributed by atoms with E-state index in [1.807, 2.05) is 43.8 Å². The van der Waals surface area contributed by atoms with Crippen LogP contribution in [-0.4, -0.2) is 31.9 Å². The van der Waals surface area contributed by atoms with Crippen LogP contribution in [0.15, 0.2) is 23.5 Å². The molecule has 0 bridgehead atoms. The second-order valence-corrected chi connectivity index (χ2v) is 6.83. The van der Waals surface area contributed by atoms with Crippen molar-refractivity contribution in [2.75, 3.05) is 6.26 Å². The van der Waals surface area contributed by atoms with Crippen molar-refractivity contribution < 1.29 is 4.79 Å². The molecule has 114 valence electrons. The number of hydrogen-bond acceptors (Lipinski definition) is 5. The third kappa shape index (κ3) is 2.21. The zero-order chi connectivity index (χ0) is 16.1. The van der Waals surface area contributed by atoms with E-state index in [2.05, 4.69) is 15.1 Å². The van der Waals surface area contributed by atoms with Gasteiger partial charge >= 0.3 is 0 Å². The van der Waals surface area contributed by atoms with Gasteiger partial charge in [-0.2, -0.15) is 5.10 Å². The van der Waals surface area contributed by atoms with Crippen molar-refractivity contribution in [1.29, 1.82) is 0 Å². The van der Waals surface area contributed by atoms with Crippen LogP contribution in [0.25, 0.3) is 21.8 Å². The summed E-state index contributed by atoms with van der Waals surface area (Å²) in [4.78, 5) is 20.6. The first kappa shape index (κ1) is 14.8. The predicted molar refractivity (Wildman–Crippen MR) is 88.1 cm³/mol. The minimum atomic E-state index is -0.536. The Morgan fingerprint density at radius 3 is 2.64 bits per heavy atom. The van der Waals surface area contributed by atoms with Gasteiger partial charge in [0.05, 0.1) is 11.1 Å². The maximum absolute atomic E-state index is 11.7. The Morgan fingerprint density at radius 1 is 1.32 bits per heavy atom. The molecule has 7 heteroatoms. The number of nitrogens with two attached hydrogens (primary N) is 1. The highest BCUT2D eigenvalue weighted by Crippen LogP contribution is 2.30. The first-order valence-electron chi connectivity index (χ1n) is 6.85. The van der Waals surface area contributed by atoms with Gasteiger partial charge in [-0.25, -0.2) is 9.97 Å². The number of nitrogens with zero attached hydrogens (tertiary/aromatic N) is 4. The van der Waals surface area contributed by atoms with Crippen LogP contribution in [0.4, 0.5) is 0 Å². The van der Waals surface area contributed by atoms with E-state index in [1.165, 1.54) is 11.8 Å². The molecule has 2 heterocycles. The molecule has 0 aliphatic carbocycles. The third-order valence-electron chi connectivity index (χ3n) is 3.42. The fraction of sp³-hybridized carbons (Fsp3) is 0.333. The number of rotatable bonds is 2. The fourth-order valence-electron chi connectivity index (χ4n) is 2.44. The Hall–Kier alpha value is -2.15. The van der Waals surface area contributed by atoms with Crippen LogP contribution >= 0.6 is 11.8 Å². The second-order valence-electron chi connectivity index (χ2n) is 6.05. The summed E-state index contributed by atoms with van der Waals surface area (Å²) in [6, 6.07) is 3.75. The summed E-state index contributed by atoms with van der Waals surface area (Å²) < 4.78 is 1.82. The van der Waals surface area contributed by atoms with Gasteiger partial charge in [-0.05, 0) is 33.1 Å². The van der Waals surface area contributed by atoms with Crippen molar-refractivity contribution in [3.05, 3.63) is 24.0 Å². The zero-order valence-corrected chi connectivity index (χ0v) is 13.7. The van der Waals surface area contributed by atoms with E-state index >= 15 is 0 Å². The number of hydrogen-bond donors (Lipinski definition) is 1.